The van der Waals surface area contributed by atoms with E-state index in [2.05, 4.69) is 15.9 Å². The summed E-state index contributed by atoms with van der Waals surface area (Å²) in [5.41, 5.74) is 1.49. The first-order valence-electron chi connectivity index (χ1n) is 6.04. The Kier molecular flexibility index (Phi) is 4.01. The molecule has 4 nitrogen and oxygen atoms in total. The SMILES string of the molecule is Cc1c(Br)cccc1C(=O)N(C)C1CCS(=O)(=O)C1. The van der Waals surface area contributed by atoms with Gasteiger partial charge in [-0.2, -0.15) is 0 Å². The third kappa shape index (κ3) is 3.00. The lowest BCUT2D eigenvalue weighted by Crippen LogP contribution is -2.38. The smallest absolute Gasteiger partial charge is 0.254 e. The van der Waals surface area contributed by atoms with E-state index < -0.39 is 9.84 Å². The molecule has 6 heteroatoms. The molecule has 0 bridgehead atoms. The summed E-state index contributed by atoms with van der Waals surface area (Å²) in [4.78, 5) is 14.0. The Balaban J connectivity index is 2.23. The minimum Gasteiger partial charge on any atom is -0.338 e. The average Bonchev–Trinajstić information content (AvgIpc) is 2.71. The highest BCUT2D eigenvalue weighted by Gasteiger charge is 2.33. The van der Waals surface area contributed by atoms with Gasteiger partial charge in [0.2, 0.25) is 0 Å². The molecule has 1 unspecified atom stereocenters. The molecule has 1 atom stereocenters. The van der Waals surface area contributed by atoms with Crippen LogP contribution in [0.5, 0.6) is 0 Å². The number of benzene rings is 1. The van der Waals surface area contributed by atoms with Crippen molar-refractivity contribution in [1.82, 2.24) is 4.90 Å². The van der Waals surface area contributed by atoms with Crippen molar-refractivity contribution in [3.05, 3.63) is 33.8 Å². The van der Waals surface area contributed by atoms with Gasteiger partial charge >= 0.3 is 0 Å². The summed E-state index contributed by atoms with van der Waals surface area (Å²) < 4.78 is 23.8. The molecule has 1 aromatic carbocycles. The third-order valence-electron chi connectivity index (χ3n) is 3.57. The Morgan fingerprint density at radius 3 is 2.68 bits per heavy atom. The van der Waals surface area contributed by atoms with Gasteiger partial charge in [0.15, 0.2) is 9.84 Å². The van der Waals surface area contributed by atoms with Crippen LogP contribution < -0.4 is 0 Å². The van der Waals surface area contributed by atoms with E-state index in [1.54, 1.807) is 18.0 Å². The largest absolute Gasteiger partial charge is 0.338 e. The van der Waals surface area contributed by atoms with Crippen molar-refractivity contribution < 1.29 is 13.2 Å². The predicted octanol–water partition coefficient (Wildman–Crippen LogP) is 2.02. The number of carbonyl (C=O) groups excluding carboxylic acids is 1. The van der Waals surface area contributed by atoms with Gasteiger partial charge in [0.25, 0.3) is 5.91 Å². The zero-order valence-electron chi connectivity index (χ0n) is 10.9. The molecule has 1 aliphatic rings. The minimum absolute atomic E-state index is 0.0717. The van der Waals surface area contributed by atoms with Gasteiger partial charge in [-0.15, -0.1) is 0 Å². The first kappa shape index (κ1) is 14.5. The number of hydrogen-bond acceptors (Lipinski definition) is 3. The molecule has 0 spiro atoms. The van der Waals surface area contributed by atoms with E-state index in [0.29, 0.717) is 12.0 Å². The summed E-state index contributed by atoms with van der Waals surface area (Å²) in [5.74, 6) is 0.121. The lowest BCUT2D eigenvalue weighted by atomic mass is 10.1. The van der Waals surface area contributed by atoms with Crippen molar-refractivity contribution in [2.75, 3.05) is 18.6 Å². The normalized spacial score (nSPS) is 21.3. The third-order valence-corrected chi connectivity index (χ3v) is 6.18. The standard InChI is InChI=1S/C13H16BrNO3S/c1-9-11(4-3-5-12(9)14)13(16)15(2)10-6-7-19(17,18)8-10/h3-5,10H,6-8H2,1-2H3. The van der Waals surface area contributed by atoms with E-state index in [9.17, 15) is 13.2 Å². The molecule has 1 heterocycles. The van der Waals surface area contributed by atoms with Crippen LogP contribution in [0, 0.1) is 6.92 Å². The summed E-state index contributed by atoms with van der Waals surface area (Å²) in [7, 11) is -1.30. The zero-order valence-corrected chi connectivity index (χ0v) is 13.3. The van der Waals surface area contributed by atoms with Crippen LogP contribution in [0.1, 0.15) is 22.3 Å². The summed E-state index contributed by atoms with van der Waals surface area (Å²) in [6, 6.07) is 5.24. The van der Waals surface area contributed by atoms with Crippen molar-refractivity contribution in [2.24, 2.45) is 0 Å². The summed E-state index contributed by atoms with van der Waals surface area (Å²) in [5, 5.41) is 0. The molecule has 0 aromatic heterocycles. The van der Waals surface area contributed by atoms with Crippen molar-refractivity contribution >= 4 is 31.7 Å². The number of rotatable bonds is 2. The highest BCUT2D eigenvalue weighted by atomic mass is 79.9. The van der Waals surface area contributed by atoms with Gasteiger partial charge in [0.05, 0.1) is 11.5 Å². The fourth-order valence-corrected chi connectivity index (χ4v) is 4.42. The van der Waals surface area contributed by atoms with Crippen LogP contribution in [0.3, 0.4) is 0 Å². The lowest BCUT2D eigenvalue weighted by Gasteiger charge is -2.24. The Morgan fingerprint density at radius 2 is 2.11 bits per heavy atom. The maximum atomic E-state index is 12.4. The molecule has 1 aliphatic heterocycles. The predicted molar refractivity (Wildman–Crippen MR) is 78.0 cm³/mol. The van der Waals surface area contributed by atoms with Crippen LogP contribution in [0.4, 0.5) is 0 Å². The Hall–Kier alpha value is -0.880. The van der Waals surface area contributed by atoms with Crippen LogP contribution in [-0.4, -0.2) is 43.8 Å². The van der Waals surface area contributed by atoms with E-state index in [4.69, 9.17) is 0 Å². The van der Waals surface area contributed by atoms with Crippen molar-refractivity contribution in [3.8, 4) is 0 Å². The summed E-state index contributed by atoms with van der Waals surface area (Å²) in [6.45, 7) is 1.87. The first-order chi connectivity index (χ1) is 8.82. The number of hydrogen-bond donors (Lipinski definition) is 0. The van der Waals surface area contributed by atoms with Gasteiger partial charge in [0.1, 0.15) is 0 Å². The second-order valence-electron chi connectivity index (χ2n) is 4.89. The van der Waals surface area contributed by atoms with Crippen LogP contribution >= 0.6 is 15.9 Å². The fraction of sp³-hybridized carbons (Fsp3) is 0.462. The van der Waals surface area contributed by atoms with E-state index in [0.717, 1.165) is 10.0 Å². The lowest BCUT2D eigenvalue weighted by molar-refractivity contribution is 0.0747. The van der Waals surface area contributed by atoms with Crippen LogP contribution in [0.25, 0.3) is 0 Å². The van der Waals surface area contributed by atoms with Crippen molar-refractivity contribution in [3.63, 3.8) is 0 Å². The second-order valence-corrected chi connectivity index (χ2v) is 7.97. The number of amides is 1. The van der Waals surface area contributed by atoms with Crippen LogP contribution in [0.15, 0.2) is 22.7 Å². The van der Waals surface area contributed by atoms with E-state index >= 15 is 0 Å². The van der Waals surface area contributed by atoms with Gasteiger partial charge < -0.3 is 4.90 Å². The van der Waals surface area contributed by atoms with Crippen molar-refractivity contribution in [2.45, 2.75) is 19.4 Å². The molecule has 104 valence electrons. The molecule has 1 aromatic rings. The first-order valence-corrected chi connectivity index (χ1v) is 8.66. The average molecular weight is 346 g/mol. The number of sulfone groups is 1. The summed E-state index contributed by atoms with van der Waals surface area (Å²) in [6.07, 6.45) is 0.525. The molecule has 19 heavy (non-hydrogen) atoms. The van der Waals surface area contributed by atoms with E-state index in [1.165, 1.54) is 0 Å². The second kappa shape index (κ2) is 5.25. The molecule has 0 N–H and O–H groups in total. The van der Waals surface area contributed by atoms with Gasteiger partial charge in [-0.3, -0.25) is 4.79 Å². The number of nitrogens with zero attached hydrogens (tertiary/aromatic N) is 1. The maximum absolute atomic E-state index is 12.4. The van der Waals surface area contributed by atoms with Gasteiger partial charge in [-0.1, -0.05) is 22.0 Å². The highest BCUT2D eigenvalue weighted by molar-refractivity contribution is 9.10. The molecule has 0 radical (unpaired) electrons. The van der Waals surface area contributed by atoms with Crippen molar-refractivity contribution in [1.29, 1.82) is 0 Å². The quantitative estimate of drug-likeness (QED) is 0.823. The van der Waals surface area contributed by atoms with Gasteiger partial charge in [0, 0.05) is 23.1 Å². The molecule has 2 rings (SSSR count). The molecular weight excluding hydrogens is 330 g/mol. The molecule has 1 amide bonds. The Labute approximate surface area is 121 Å². The summed E-state index contributed by atoms with van der Waals surface area (Å²) >= 11 is 3.40. The maximum Gasteiger partial charge on any atom is 0.254 e. The molecule has 1 fully saturated rings. The monoisotopic (exact) mass is 345 g/mol. The van der Waals surface area contributed by atoms with Crippen LogP contribution in [0.2, 0.25) is 0 Å². The Bertz CT molecular complexity index is 612. The molecule has 0 aliphatic carbocycles. The number of carbonyl (C=O) groups is 1. The highest BCUT2D eigenvalue weighted by Crippen LogP contribution is 2.23. The van der Waals surface area contributed by atoms with E-state index in [1.807, 2.05) is 19.1 Å². The van der Waals surface area contributed by atoms with Crippen LogP contribution in [-0.2, 0) is 9.84 Å². The topological polar surface area (TPSA) is 54.5 Å². The zero-order chi connectivity index (χ0) is 14.2. The Morgan fingerprint density at radius 1 is 1.42 bits per heavy atom. The van der Waals surface area contributed by atoms with Gasteiger partial charge in [-0.25, -0.2) is 8.42 Å². The van der Waals surface area contributed by atoms with E-state index in [-0.39, 0.29) is 23.5 Å². The minimum atomic E-state index is -2.98. The molecule has 0 saturated carbocycles. The van der Waals surface area contributed by atoms with Gasteiger partial charge in [-0.05, 0) is 31.0 Å². The molecular formula is C13H16BrNO3S. The fourth-order valence-electron chi connectivity index (χ4n) is 2.28. The molecule has 1 saturated heterocycles. The number of halogens is 1.